The van der Waals surface area contributed by atoms with Crippen LogP contribution in [0.5, 0.6) is 0 Å². The predicted octanol–water partition coefficient (Wildman–Crippen LogP) is -0.372. The second kappa shape index (κ2) is 7.16. The van der Waals surface area contributed by atoms with Gasteiger partial charge in [0.1, 0.15) is 0 Å². The predicted molar refractivity (Wildman–Crippen MR) is 61.3 cm³/mol. The Morgan fingerprint density at radius 1 is 1.47 bits per heavy atom. The minimum Gasteiger partial charge on any atom is -0.395 e. The molecule has 6 heteroatoms. The molecule has 0 radical (unpaired) electrons. The number of rotatable bonds is 8. The quantitative estimate of drug-likeness (QED) is 0.605. The largest absolute Gasteiger partial charge is 0.395 e. The van der Waals surface area contributed by atoms with E-state index in [1.807, 2.05) is 7.05 Å². The van der Waals surface area contributed by atoms with Crippen LogP contribution in [0.25, 0.3) is 0 Å². The van der Waals surface area contributed by atoms with Crippen LogP contribution in [0.3, 0.4) is 0 Å². The SMILES string of the molecule is CCC(C)N(C)CCNS(=O)(=O)CCO. The molecule has 0 aromatic rings. The molecule has 0 aliphatic rings. The van der Waals surface area contributed by atoms with Gasteiger partial charge in [-0.1, -0.05) is 6.92 Å². The molecule has 0 aromatic carbocycles. The van der Waals surface area contributed by atoms with Crippen molar-refractivity contribution in [3.05, 3.63) is 0 Å². The fourth-order valence-electron chi connectivity index (χ4n) is 1.10. The fourth-order valence-corrected chi connectivity index (χ4v) is 1.89. The van der Waals surface area contributed by atoms with E-state index in [4.69, 9.17) is 5.11 Å². The topological polar surface area (TPSA) is 69.6 Å². The molecule has 0 bridgehead atoms. The zero-order valence-electron chi connectivity index (χ0n) is 9.73. The third kappa shape index (κ3) is 6.83. The van der Waals surface area contributed by atoms with E-state index in [1.54, 1.807) is 0 Å². The van der Waals surface area contributed by atoms with Gasteiger partial charge in [0.15, 0.2) is 0 Å². The summed E-state index contributed by atoms with van der Waals surface area (Å²) >= 11 is 0. The van der Waals surface area contributed by atoms with Gasteiger partial charge < -0.3 is 10.0 Å². The minimum absolute atomic E-state index is 0.222. The Morgan fingerprint density at radius 3 is 2.53 bits per heavy atom. The molecular formula is C9H22N2O3S. The highest BCUT2D eigenvalue weighted by Crippen LogP contribution is 1.98. The number of likely N-dealkylation sites (N-methyl/N-ethyl adjacent to an activating group) is 1. The maximum Gasteiger partial charge on any atom is 0.213 e. The first-order chi connectivity index (χ1) is 6.93. The second-order valence-corrected chi connectivity index (χ2v) is 5.60. The maximum absolute atomic E-state index is 11.2. The number of sulfonamides is 1. The van der Waals surface area contributed by atoms with E-state index < -0.39 is 10.0 Å². The van der Waals surface area contributed by atoms with Crippen molar-refractivity contribution in [2.24, 2.45) is 0 Å². The number of hydrogen-bond donors (Lipinski definition) is 2. The van der Waals surface area contributed by atoms with Gasteiger partial charge in [-0.2, -0.15) is 0 Å². The van der Waals surface area contributed by atoms with Crippen LogP contribution in [0.2, 0.25) is 0 Å². The molecule has 0 amide bonds. The summed E-state index contributed by atoms with van der Waals surface area (Å²) in [7, 11) is -1.32. The van der Waals surface area contributed by atoms with Crippen molar-refractivity contribution in [3.63, 3.8) is 0 Å². The van der Waals surface area contributed by atoms with Gasteiger partial charge in [0.05, 0.1) is 12.4 Å². The van der Waals surface area contributed by atoms with E-state index in [0.717, 1.165) is 6.42 Å². The van der Waals surface area contributed by atoms with Crippen molar-refractivity contribution in [2.45, 2.75) is 26.3 Å². The average Bonchev–Trinajstić information content (AvgIpc) is 2.15. The summed E-state index contributed by atoms with van der Waals surface area (Å²) in [5.41, 5.74) is 0. The first kappa shape index (κ1) is 14.8. The number of hydrogen-bond acceptors (Lipinski definition) is 4. The standard InChI is InChI=1S/C9H22N2O3S/c1-4-9(2)11(3)6-5-10-15(13,14)8-7-12/h9-10,12H,4-8H2,1-3H3. The van der Waals surface area contributed by atoms with Crippen molar-refractivity contribution >= 4 is 10.0 Å². The van der Waals surface area contributed by atoms with E-state index >= 15 is 0 Å². The lowest BCUT2D eigenvalue weighted by Gasteiger charge is -2.23. The van der Waals surface area contributed by atoms with Gasteiger partial charge in [0.25, 0.3) is 0 Å². The second-order valence-electron chi connectivity index (χ2n) is 3.67. The highest BCUT2D eigenvalue weighted by Gasteiger charge is 2.10. The summed E-state index contributed by atoms with van der Waals surface area (Å²) < 4.78 is 24.8. The molecule has 0 saturated carbocycles. The molecule has 0 fully saturated rings. The molecule has 0 aromatic heterocycles. The van der Waals surface area contributed by atoms with Gasteiger partial charge in [-0.3, -0.25) is 0 Å². The van der Waals surface area contributed by atoms with E-state index in [0.29, 0.717) is 19.1 Å². The summed E-state index contributed by atoms with van der Waals surface area (Å²) in [6.45, 7) is 4.93. The third-order valence-electron chi connectivity index (χ3n) is 2.49. The molecule has 0 spiro atoms. The van der Waals surface area contributed by atoms with Crippen molar-refractivity contribution in [3.8, 4) is 0 Å². The lowest BCUT2D eigenvalue weighted by atomic mass is 10.2. The van der Waals surface area contributed by atoms with E-state index in [9.17, 15) is 8.42 Å². The molecule has 0 saturated heterocycles. The lowest BCUT2D eigenvalue weighted by Crippen LogP contribution is -2.38. The van der Waals surface area contributed by atoms with Crippen LogP contribution in [0, 0.1) is 0 Å². The van der Waals surface area contributed by atoms with Gasteiger partial charge in [-0.15, -0.1) is 0 Å². The molecule has 0 aliphatic carbocycles. The van der Waals surface area contributed by atoms with Gasteiger partial charge in [0, 0.05) is 19.1 Å². The molecule has 5 nitrogen and oxygen atoms in total. The molecule has 2 N–H and O–H groups in total. The maximum atomic E-state index is 11.2. The van der Waals surface area contributed by atoms with Crippen LogP contribution in [0.15, 0.2) is 0 Å². The smallest absolute Gasteiger partial charge is 0.213 e. The van der Waals surface area contributed by atoms with Crippen LogP contribution in [0.1, 0.15) is 20.3 Å². The first-order valence-corrected chi connectivity index (χ1v) is 6.86. The molecule has 92 valence electrons. The minimum atomic E-state index is -3.29. The van der Waals surface area contributed by atoms with Crippen molar-refractivity contribution in [1.29, 1.82) is 0 Å². The Kier molecular flexibility index (Phi) is 7.08. The lowest BCUT2D eigenvalue weighted by molar-refractivity contribution is 0.256. The fraction of sp³-hybridized carbons (Fsp3) is 1.00. The first-order valence-electron chi connectivity index (χ1n) is 5.21. The molecule has 0 aliphatic heterocycles. The van der Waals surface area contributed by atoms with E-state index in [2.05, 4.69) is 23.5 Å². The molecule has 15 heavy (non-hydrogen) atoms. The molecule has 0 rings (SSSR count). The van der Waals surface area contributed by atoms with Crippen LogP contribution >= 0.6 is 0 Å². The van der Waals surface area contributed by atoms with Crippen molar-refractivity contribution in [2.75, 3.05) is 32.5 Å². The Hall–Kier alpha value is -0.170. The average molecular weight is 238 g/mol. The Balaban J connectivity index is 3.79. The summed E-state index contributed by atoms with van der Waals surface area (Å²) in [5.74, 6) is -0.222. The van der Waals surface area contributed by atoms with Crippen LogP contribution in [0.4, 0.5) is 0 Å². The van der Waals surface area contributed by atoms with Gasteiger partial charge in [-0.05, 0) is 20.4 Å². The molecular weight excluding hydrogens is 216 g/mol. The van der Waals surface area contributed by atoms with Crippen LogP contribution in [-0.4, -0.2) is 57.0 Å². The zero-order chi connectivity index (χ0) is 11.9. The Morgan fingerprint density at radius 2 is 2.07 bits per heavy atom. The summed E-state index contributed by atoms with van der Waals surface area (Å²) in [5, 5.41) is 8.51. The monoisotopic (exact) mass is 238 g/mol. The van der Waals surface area contributed by atoms with Gasteiger partial charge in [-0.25, -0.2) is 13.1 Å². The number of aliphatic hydroxyl groups is 1. The molecule has 1 atom stereocenters. The summed E-state index contributed by atoms with van der Waals surface area (Å²) in [6, 6.07) is 0.451. The van der Waals surface area contributed by atoms with Crippen LogP contribution < -0.4 is 4.72 Å². The normalized spacial score (nSPS) is 14.5. The number of nitrogens with one attached hydrogen (secondary N) is 1. The molecule has 0 heterocycles. The molecule has 1 unspecified atom stereocenters. The van der Waals surface area contributed by atoms with E-state index in [1.165, 1.54) is 0 Å². The number of aliphatic hydroxyl groups excluding tert-OH is 1. The van der Waals surface area contributed by atoms with Gasteiger partial charge in [0.2, 0.25) is 10.0 Å². The van der Waals surface area contributed by atoms with Gasteiger partial charge >= 0.3 is 0 Å². The Bertz CT molecular complexity index is 254. The highest BCUT2D eigenvalue weighted by molar-refractivity contribution is 7.89. The summed E-state index contributed by atoms with van der Waals surface area (Å²) in [4.78, 5) is 2.10. The zero-order valence-corrected chi connectivity index (χ0v) is 10.5. The number of nitrogens with zero attached hydrogens (tertiary/aromatic N) is 1. The van der Waals surface area contributed by atoms with E-state index in [-0.39, 0.29) is 12.4 Å². The Labute approximate surface area is 92.5 Å². The third-order valence-corrected chi connectivity index (χ3v) is 3.85. The van der Waals surface area contributed by atoms with Crippen LogP contribution in [-0.2, 0) is 10.0 Å². The van der Waals surface area contributed by atoms with Crippen molar-refractivity contribution in [1.82, 2.24) is 9.62 Å². The summed E-state index contributed by atoms with van der Waals surface area (Å²) in [6.07, 6.45) is 1.04. The van der Waals surface area contributed by atoms with Crippen molar-refractivity contribution < 1.29 is 13.5 Å². The highest BCUT2D eigenvalue weighted by atomic mass is 32.2.